The summed E-state index contributed by atoms with van der Waals surface area (Å²) in [6, 6.07) is 4.62. The van der Waals surface area contributed by atoms with E-state index in [1.165, 1.54) is 12.1 Å². The van der Waals surface area contributed by atoms with Crippen LogP contribution in [0.2, 0.25) is 0 Å². The minimum atomic E-state index is -0.249. The molecule has 0 fully saturated rings. The zero-order chi connectivity index (χ0) is 13.4. The third kappa shape index (κ3) is 2.23. The number of benzene rings is 1. The number of anilines is 1. The summed E-state index contributed by atoms with van der Waals surface area (Å²) in [6.45, 7) is 1.87. The number of rotatable bonds is 2. The molecular formula is C14H14FN3O. The molecule has 2 N–H and O–H groups in total. The number of aryl methyl sites for hydroxylation is 2. The predicted molar refractivity (Wildman–Crippen MR) is 69.4 cm³/mol. The Morgan fingerprint density at radius 3 is 3.11 bits per heavy atom. The van der Waals surface area contributed by atoms with Gasteiger partial charge in [-0.25, -0.2) is 9.37 Å². The topological polar surface area (TPSA) is 57.8 Å². The van der Waals surface area contributed by atoms with E-state index in [2.05, 4.69) is 15.3 Å². The van der Waals surface area contributed by atoms with E-state index in [0.717, 1.165) is 23.2 Å². The van der Waals surface area contributed by atoms with Crippen molar-refractivity contribution in [2.75, 3.05) is 5.32 Å². The van der Waals surface area contributed by atoms with E-state index in [4.69, 9.17) is 0 Å². The van der Waals surface area contributed by atoms with E-state index in [1.54, 1.807) is 12.3 Å². The monoisotopic (exact) mass is 259 g/mol. The molecule has 0 aliphatic heterocycles. The van der Waals surface area contributed by atoms with Crippen molar-refractivity contribution >= 4 is 11.9 Å². The van der Waals surface area contributed by atoms with Gasteiger partial charge < -0.3 is 4.98 Å². The molecule has 19 heavy (non-hydrogen) atoms. The minimum Gasteiger partial charge on any atom is -0.328 e. The highest BCUT2D eigenvalue weighted by Crippen LogP contribution is 2.34. The molecule has 1 unspecified atom stereocenters. The minimum absolute atomic E-state index is 0.0975. The fraction of sp³-hybridized carbons (Fsp3) is 0.286. The largest absolute Gasteiger partial charge is 0.328 e. The van der Waals surface area contributed by atoms with Crippen LogP contribution in [0.4, 0.5) is 10.3 Å². The molecule has 1 heterocycles. The van der Waals surface area contributed by atoms with Crippen LogP contribution in [-0.2, 0) is 11.2 Å². The third-order valence-electron chi connectivity index (χ3n) is 3.44. The van der Waals surface area contributed by atoms with Crippen molar-refractivity contribution in [2.24, 2.45) is 0 Å². The van der Waals surface area contributed by atoms with Crippen LogP contribution in [0.3, 0.4) is 0 Å². The molecule has 1 aliphatic carbocycles. The molecule has 1 amide bonds. The van der Waals surface area contributed by atoms with E-state index < -0.39 is 0 Å². The number of hydrogen-bond donors (Lipinski definition) is 2. The molecule has 4 nitrogen and oxygen atoms in total. The molecule has 98 valence electrons. The highest BCUT2D eigenvalue weighted by atomic mass is 19.1. The zero-order valence-corrected chi connectivity index (χ0v) is 10.5. The molecular weight excluding hydrogens is 245 g/mol. The van der Waals surface area contributed by atoms with Gasteiger partial charge in [0.2, 0.25) is 11.9 Å². The summed E-state index contributed by atoms with van der Waals surface area (Å²) in [4.78, 5) is 19.2. The SMILES string of the molecule is Cc1cnc(NC(=O)C2CCc3cc(F)ccc32)[nH]1. The van der Waals surface area contributed by atoms with Crippen LogP contribution >= 0.6 is 0 Å². The molecule has 1 aromatic heterocycles. The van der Waals surface area contributed by atoms with Crippen LogP contribution in [-0.4, -0.2) is 15.9 Å². The van der Waals surface area contributed by atoms with Crippen LogP contribution in [0.15, 0.2) is 24.4 Å². The van der Waals surface area contributed by atoms with E-state index in [1.807, 2.05) is 6.92 Å². The summed E-state index contributed by atoms with van der Waals surface area (Å²) < 4.78 is 13.1. The number of carbonyl (C=O) groups is 1. The first kappa shape index (κ1) is 11.9. The van der Waals surface area contributed by atoms with Crippen molar-refractivity contribution in [3.05, 3.63) is 47.0 Å². The van der Waals surface area contributed by atoms with E-state index in [0.29, 0.717) is 12.4 Å². The number of aromatic nitrogens is 2. The lowest BCUT2D eigenvalue weighted by Gasteiger charge is -2.10. The first-order valence-corrected chi connectivity index (χ1v) is 6.24. The summed E-state index contributed by atoms with van der Waals surface area (Å²) in [5, 5.41) is 2.76. The maximum atomic E-state index is 13.1. The van der Waals surface area contributed by atoms with Gasteiger partial charge in [-0.05, 0) is 43.0 Å². The molecule has 3 rings (SSSR count). The van der Waals surface area contributed by atoms with Crippen LogP contribution in [0.1, 0.15) is 29.2 Å². The molecule has 1 aliphatic rings. The fourth-order valence-corrected chi connectivity index (χ4v) is 2.54. The molecule has 5 heteroatoms. The Labute approximate surface area is 110 Å². The highest BCUT2D eigenvalue weighted by Gasteiger charge is 2.29. The van der Waals surface area contributed by atoms with Gasteiger partial charge in [-0.15, -0.1) is 0 Å². The van der Waals surface area contributed by atoms with Crippen LogP contribution < -0.4 is 5.32 Å². The first-order chi connectivity index (χ1) is 9.13. The van der Waals surface area contributed by atoms with Gasteiger partial charge in [-0.1, -0.05) is 6.07 Å². The third-order valence-corrected chi connectivity index (χ3v) is 3.44. The standard InChI is InChI=1S/C14H14FN3O/c1-8-7-16-14(17-8)18-13(19)12-4-2-9-6-10(15)3-5-11(9)12/h3,5-7,12H,2,4H2,1H3,(H2,16,17,18,19). The summed E-state index contributed by atoms with van der Waals surface area (Å²) in [5.41, 5.74) is 2.74. The van der Waals surface area contributed by atoms with Gasteiger partial charge in [0.25, 0.3) is 0 Å². The van der Waals surface area contributed by atoms with Gasteiger partial charge in [-0.2, -0.15) is 0 Å². The number of aromatic amines is 1. The lowest BCUT2D eigenvalue weighted by Crippen LogP contribution is -2.20. The van der Waals surface area contributed by atoms with Crippen molar-refractivity contribution in [1.29, 1.82) is 0 Å². The summed E-state index contributed by atoms with van der Waals surface area (Å²) in [5.74, 6) is -0.111. The predicted octanol–water partition coefficient (Wildman–Crippen LogP) is 2.53. The lowest BCUT2D eigenvalue weighted by atomic mass is 10.0. The Bertz CT molecular complexity index is 635. The number of nitrogens with one attached hydrogen (secondary N) is 2. The van der Waals surface area contributed by atoms with Crippen molar-refractivity contribution in [1.82, 2.24) is 9.97 Å². The molecule has 0 saturated heterocycles. The van der Waals surface area contributed by atoms with Crippen molar-refractivity contribution in [3.63, 3.8) is 0 Å². The maximum absolute atomic E-state index is 13.1. The zero-order valence-electron chi connectivity index (χ0n) is 10.5. The number of fused-ring (bicyclic) bond motifs is 1. The number of halogens is 1. The molecule has 0 bridgehead atoms. The van der Waals surface area contributed by atoms with Crippen LogP contribution in [0, 0.1) is 12.7 Å². The van der Waals surface area contributed by atoms with Gasteiger partial charge in [0, 0.05) is 11.9 Å². The molecule has 0 spiro atoms. The van der Waals surface area contributed by atoms with E-state index in [-0.39, 0.29) is 17.6 Å². The Kier molecular flexibility index (Phi) is 2.81. The smallest absolute Gasteiger partial charge is 0.234 e. The van der Waals surface area contributed by atoms with Crippen molar-refractivity contribution in [2.45, 2.75) is 25.7 Å². The quantitative estimate of drug-likeness (QED) is 0.870. The van der Waals surface area contributed by atoms with E-state index in [9.17, 15) is 9.18 Å². The van der Waals surface area contributed by atoms with Crippen LogP contribution in [0.5, 0.6) is 0 Å². The Balaban J connectivity index is 1.79. The second-order valence-corrected chi connectivity index (χ2v) is 4.84. The fourth-order valence-electron chi connectivity index (χ4n) is 2.54. The van der Waals surface area contributed by atoms with Gasteiger partial charge in [0.05, 0.1) is 5.92 Å². The summed E-state index contributed by atoms with van der Waals surface area (Å²) >= 11 is 0. The van der Waals surface area contributed by atoms with Gasteiger partial charge >= 0.3 is 0 Å². The summed E-state index contributed by atoms with van der Waals surface area (Å²) in [7, 11) is 0. The first-order valence-electron chi connectivity index (χ1n) is 6.24. The number of nitrogens with zero attached hydrogens (tertiary/aromatic N) is 1. The lowest BCUT2D eigenvalue weighted by molar-refractivity contribution is -0.117. The van der Waals surface area contributed by atoms with Gasteiger partial charge in [0.1, 0.15) is 5.82 Å². The molecule has 1 aromatic carbocycles. The number of imidazole rings is 1. The Morgan fingerprint density at radius 1 is 1.53 bits per heavy atom. The van der Waals surface area contributed by atoms with Gasteiger partial charge in [0.15, 0.2) is 0 Å². The Hall–Kier alpha value is -2.17. The number of H-pyrrole nitrogens is 1. The second-order valence-electron chi connectivity index (χ2n) is 4.84. The molecule has 1 atom stereocenters. The summed E-state index contributed by atoms with van der Waals surface area (Å²) in [6.07, 6.45) is 3.11. The normalized spacial score (nSPS) is 17.3. The second kappa shape index (κ2) is 4.50. The van der Waals surface area contributed by atoms with E-state index >= 15 is 0 Å². The highest BCUT2D eigenvalue weighted by molar-refractivity contribution is 5.95. The molecule has 2 aromatic rings. The average molecular weight is 259 g/mol. The molecule has 0 saturated carbocycles. The number of carbonyl (C=O) groups excluding carboxylic acids is 1. The van der Waals surface area contributed by atoms with Crippen molar-refractivity contribution < 1.29 is 9.18 Å². The molecule has 0 radical (unpaired) electrons. The maximum Gasteiger partial charge on any atom is 0.234 e. The van der Waals surface area contributed by atoms with Gasteiger partial charge in [-0.3, -0.25) is 10.1 Å². The van der Waals surface area contributed by atoms with Crippen molar-refractivity contribution in [3.8, 4) is 0 Å². The number of hydrogen-bond acceptors (Lipinski definition) is 2. The van der Waals surface area contributed by atoms with Crippen LogP contribution in [0.25, 0.3) is 0 Å². The number of amides is 1. The average Bonchev–Trinajstić information content (AvgIpc) is 2.95. The Morgan fingerprint density at radius 2 is 2.37 bits per heavy atom.